The number of aliphatic hydroxyl groups is 1. The summed E-state index contributed by atoms with van der Waals surface area (Å²) in [7, 11) is 1.49. The molecule has 0 radical (unpaired) electrons. The zero-order chi connectivity index (χ0) is 22.0. The minimum atomic E-state index is -4.91. The van der Waals surface area contributed by atoms with Gasteiger partial charge in [0.15, 0.2) is 11.2 Å². The summed E-state index contributed by atoms with van der Waals surface area (Å²) in [4.78, 5) is 34.3. The van der Waals surface area contributed by atoms with Gasteiger partial charge in [0, 0.05) is 18.5 Å². The molecule has 8 nitrogen and oxygen atoms in total. The number of halogens is 3. The Kier molecular flexibility index (Phi) is 4.69. The van der Waals surface area contributed by atoms with Crippen LogP contribution in [0.2, 0.25) is 0 Å². The lowest BCUT2D eigenvalue weighted by Gasteiger charge is -2.23. The lowest BCUT2D eigenvalue weighted by molar-refractivity contribution is -0.258. The molecule has 1 saturated carbocycles. The fourth-order valence-corrected chi connectivity index (χ4v) is 4.22. The first kappa shape index (κ1) is 20.8. The van der Waals surface area contributed by atoms with Gasteiger partial charge in [-0.1, -0.05) is 0 Å². The molecule has 0 amide bonds. The van der Waals surface area contributed by atoms with Crippen LogP contribution in [0.15, 0.2) is 15.9 Å². The summed E-state index contributed by atoms with van der Waals surface area (Å²) in [6.45, 7) is 2.49. The van der Waals surface area contributed by atoms with E-state index in [4.69, 9.17) is 0 Å². The van der Waals surface area contributed by atoms with Crippen LogP contribution in [0.4, 0.5) is 13.2 Å². The molecule has 3 heterocycles. The lowest BCUT2D eigenvalue weighted by Crippen LogP contribution is -2.40. The summed E-state index contributed by atoms with van der Waals surface area (Å²) >= 11 is 0.686. The molecule has 1 fully saturated rings. The van der Waals surface area contributed by atoms with Crippen molar-refractivity contribution in [1.29, 1.82) is 0 Å². The van der Waals surface area contributed by atoms with Crippen molar-refractivity contribution in [2.45, 2.75) is 51.6 Å². The fourth-order valence-electron chi connectivity index (χ4n) is 3.23. The van der Waals surface area contributed by atoms with Gasteiger partial charge in [0.1, 0.15) is 5.01 Å². The van der Waals surface area contributed by atoms with Crippen LogP contribution in [0.3, 0.4) is 0 Å². The van der Waals surface area contributed by atoms with Crippen LogP contribution in [0.5, 0.6) is 0 Å². The first-order chi connectivity index (χ1) is 13.9. The van der Waals surface area contributed by atoms with E-state index in [0.717, 1.165) is 17.4 Å². The van der Waals surface area contributed by atoms with Gasteiger partial charge in [-0.3, -0.25) is 13.9 Å². The number of rotatable bonds is 5. The van der Waals surface area contributed by atoms with E-state index in [1.807, 2.05) is 0 Å². The molecule has 1 N–H and O–H groups in total. The summed E-state index contributed by atoms with van der Waals surface area (Å²) in [5.74, 6) is 0.473. The van der Waals surface area contributed by atoms with Crippen LogP contribution < -0.4 is 11.2 Å². The molecule has 4 rings (SSSR count). The van der Waals surface area contributed by atoms with Crippen LogP contribution in [0.25, 0.3) is 11.2 Å². The van der Waals surface area contributed by atoms with Gasteiger partial charge in [0.05, 0.1) is 18.6 Å². The lowest BCUT2D eigenvalue weighted by atomic mass is 10.1. The number of hydrogen-bond donors (Lipinski definition) is 1. The highest BCUT2D eigenvalue weighted by molar-refractivity contribution is 7.11. The third-order valence-electron chi connectivity index (χ3n) is 5.42. The number of imidazole rings is 1. The highest BCUT2D eigenvalue weighted by atomic mass is 32.1. The molecule has 1 aliphatic carbocycles. The van der Waals surface area contributed by atoms with E-state index < -0.39 is 28.0 Å². The predicted octanol–water partition coefficient (Wildman–Crippen LogP) is 1.89. The number of thiazole rings is 1. The van der Waals surface area contributed by atoms with Gasteiger partial charge in [-0.25, -0.2) is 14.8 Å². The average Bonchev–Trinajstić information content (AvgIpc) is 3.24. The molecule has 30 heavy (non-hydrogen) atoms. The molecule has 162 valence electrons. The van der Waals surface area contributed by atoms with E-state index in [9.17, 15) is 27.9 Å². The Labute approximate surface area is 172 Å². The average molecular weight is 443 g/mol. The molecule has 0 saturated heterocycles. The monoisotopic (exact) mass is 443 g/mol. The first-order valence-corrected chi connectivity index (χ1v) is 10.1. The van der Waals surface area contributed by atoms with Gasteiger partial charge < -0.3 is 9.67 Å². The quantitative estimate of drug-likeness (QED) is 0.650. The van der Waals surface area contributed by atoms with Crippen LogP contribution in [0, 0.1) is 12.8 Å². The fraction of sp³-hybridized carbons (Fsp3) is 0.556. The Bertz CT molecular complexity index is 1250. The number of hydrogen-bond acceptors (Lipinski definition) is 6. The summed E-state index contributed by atoms with van der Waals surface area (Å²) in [5, 5.41) is 9.36. The van der Waals surface area contributed by atoms with Crippen molar-refractivity contribution in [2.75, 3.05) is 0 Å². The predicted molar refractivity (Wildman–Crippen MR) is 104 cm³/mol. The van der Waals surface area contributed by atoms with Gasteiger partial charge in [-0.2, -0.15) is 13.2 Å². The second-order valence-electron chi connectivity index (χ2n) is 7.84. The van der Waals surface area contributed by atoms with E-state index >= 15 is 0 Å². The summed E-state index contributed by atoms with van der Waals surface area (Å²) in [6.07, 6.45) is -1.24. The third-order valence-corrected chi connectivity index (χ3v) is 6.65. The van der Waals surface area contributed by atoms with E-state index in [1.54, 1.807) is 4.57 Å². The largest absolute Gasteiger partial charge is 0.423 e. The molecule has 3 aromatic heterocycles. The summed E-state index contributed by atoms with van der Waals surface area (Å²) in [5.41, 5.74) is -3.66. The van der Waals surface area contributed by atoms with Crippen molar-refractivity contribution >= 4 is 22.5 Å². The van der Waals surface area contributed by atoms with Gasteiger partial charge in [-0.05, 0) is 32.6 Å². The minimum absolute atomic E-state index is 0.131. The molecule has 1 unspecified atom stereocenters. The number of nitrogens with zero attached hydrogens (tertiary/aromatic N) is 5. The number of aromatic nitrogens is 5. The third kappa shape index (κ3) is 3.27. The van der Waals surface area contributed by atoms with E-state index in [-0.39, 0.29) is 23.4 Å². The standard InChI is InChI=1S/C18H20F3N5O3S/c1-9-11(23-15(30-9)17(2,29)18(19,20)21)7-26-14(27)12-13(24(3)16(26)28)22-8-25(12)6-10-4-5-10/h8,10,29H,4-7H2,1-3H3. The molecule has 12 heteroatoms. The molecular weight excluding hydrogens is 423 g/mol. The Morgan fingerprint density at radius 3 is 2.57 bits per heavy atom. The zero-order valence-electron chi connectivity index (χ0n) is 16.5. The highest BCUT2D eigenvalue weighted by Crippen LogP contribution is 2.40. The Hall–Kier alpha value is -2.47. The number of aryl methyl sites for hydroxylation is 2. The number of fused-ring (bicyclic) bond motifs is 1. The van der Waals surface area contributed by atoms with Crippen LogP contribution >= 0.6 is 11.3 Å². The van der Waals surface area contributed by atoms with Crippen molar-refractivity contribution < 1.29 is 18.3 Å². The second kappa shape index (κ2) is 6.77. The molecule has 0 spiro atoms. The number of alkyl halides is 3. The Morgan fingerprint density at radius 1 is 1.30 bits per heavy atom. The van der Waals surface area contributed by atoms with Gasteiger partial charge in [0.2, 0.25) is 5.60 Å². The minimum Gasteiger partial charge on any atom is -0.375 e. The highest BCUT2D eigenvalue weighted by Gasteiger charge is 2.53. The van der Waals surface area contributed by atoms with Crippen LogP contribution in [0.1, 0.15) is 35.3 Å². The van der Waals surface area contributed by atoms with E-state index in [1.165, 1.54) is 24.9 Å². The van der Waals surface area contributed by atoms with Crippen LogP contribution in [-0.2, 0) is 25.7 Å². The summed E-state index contributed by atoms with van der Waals surface area (Å²) in [6, 6.07) is 0. The molecule has 1 aliphatic rings. The molecule has 1 atom stereocenters. The Morgan fingerprint density at radius 2 is 1.97 bits per heavy atom. The first-order valence-electron chi connectivity index (χ1n) is 9.32. The van der Waals surface area contributed by atoms with Crippen molar-refractivity contribution in [3.8, 4) is 0 Å². The van der Waals surface area contributed by atoms with E-state index in [0.29, 0.717) is 35.6 Å². The summed E-state index contributed by atoms with van der Waals surface area (Å²) < 4.78 is 43.4. The maximum atomic E-state index is 13.2. The maximum absolute atomic E-state index is 13.2. The van der Waals surface area contributed by atoms with Crippen LogP contribution in [-0.4, -0.2) is 35.0 Å². The molecule has 0 aromatic carbocycles. The second-order valence-corrected chi connectivity index (χ2v) is 9.04. The molecule has 3 aromatic rings. The van der Waals surface area contributed by atoms with Gasteiger partial charge in [-0.15, -0.1) is 11.3 Å². The Balaban J connectivity index is 1.80. The van der Waals surface area contributed by atoms with Crippen molar-refractivity contribution in [3.05, 3.63) is 42.7 Å². The zero-order valence-corrected chi connectivity index (χ0v) is 17.3. The smallest absolute Gasteiger partial charge is 0.375 e. The molecule has 0 aliphatic heterocycles. The normalized spacial score (nSPS) is 16.9. The van der Waals surface area contributed by atoms with Gasteiger partial charge >= 0.3 is 11.9 Å². The molecular formula is C18H20F3N5O3S. The SMILES string of the molecule is Cc1sc(C(C)(O)C(F)(F)F)nc1Cn1c(=O)c2c(ncn2CC2CC2)n(C)c1=O. The van der Waals surface area contributed by atoms with Gasteiger partial charge in [0.25, 0.3) is 5.56 Å². The van der Waals surface area contributed by atoms with Crippen molar-refractivity contribution in [2.24, 2.45) is 13.0 Å². The van der Waals surface area contributed by atoms with E-state index in [2.05, 4.69) is 9.97 Å². The van der Waals surface area contributed by atoms with Crippen molar-refractivity contribution in [1.82, 2.24) is 23.7 Å². The van der Waals surface area contributed by atoms with Crippen molar-refractivity contribution in [3.63, 3.8) is 0 Å². The topological polar surface area (TPSA) is 94.9 Å². The maximum Gasteiger partial charge on any atom is 0.423 e. The molecule has 0 bridgehead atoms.